The van der Waals surface area contributed by atoms with Gasteiger partial charge in [-0.25, -0.2) is 0 Å². The summed E-state index contributed by atoms with van der Waals surface area (Å²) >= 11 is 1.35. The van der Waals surface area contributed by atoms with E-state index in [1.807, 2.05) is 4.90 Å². The van der Waals surface area contributed by atoms with E-state index in [9.17, 15) is 4.79 Å². The third kappa shape index (κ3) is 2.27. The molecule has 5 heteroatoms. The normalized spacial score (nSPS) is 27.3. The molecule has 15 heavy (non-hydrogen) atoms. The lowest BCUT2D eigenvalue weighted by Gasteiger charge is -2.36. The number of nitrogens with zero attached hydrogens (tertiary/aromatic N) is 2. The second-order valence-corrected chi connectivity index (χ2v) is 5.13. The Labute approximate surface area is 93.7 Å². The number of hydrogen-bond acceptors (Lipinski definition) is 4. The van der Waals surface area contributed by atoms with Gasteiger partial charge in [0.1, 0.15) is 0 Å². The van der Waals surface area contributed by atoms with Gasteiger partial charge in [-0.2, -0.15) is 0 Å². The van der Waals surface area contributed by atoms with Gasteiger partial charge in [-0.1, -0.05) is 36.2 Å². The minimum absolute atomic E-state index is 0.0827. The summed E-state index contributed by atoms with van der Waals surface area (Å²) in [6, 6.07) is 0.379. The van der Waals surface area contributed by atoms with Crippen molar-refractivity contribution in [2.45, 2.75) is 38.1 Å². The van der Waals surface area contributed by atoms with E-state index in [2.05, 4.69) is 5.16 Å². The van der Waals surface area contributed by atoms with Gasteiger partial charge in [-0.3, -0.25) is 4.79 Å². The van der Waals surface area contributed by atoms with E-state index in [0.717, 1.165) is 25.1 Å². The third-order valence-corrected chi connectivity index (χ3v) is 4.04. The van der Waals surface area contributed by atoms with Crippen molar-refractivity contribution < 1.29 is 10.0 Å². The number of carbonyl (C=O) groups is 1. The molecule has 0 aromatic carbocycles. The zero-order valence-electron chi connectivity index (χ0n) is 8.69. The van der Waals surface area contributed by atoms with Crippen molar-refractivity contribution in [2.75, 3.05) is 12.3 Å². The fourth-order valence-electron chi connectivity index (χ4n) is 2.34. The highest BCUT2D eigenvalue weighted by Gasteiger charge is 2.31. The Morgan fingerprint density at radius 2 is 2.07 bits per heavy atom. The van der Waals surface area contributed by atoms with Crippen LogP contribution in [0.1, 0.15) is 32.1 Å². The smallest absolute Gasteiger partial charge is 0.282 e. The molecule has 1 saturated heterocycles. The molecule has 84 valence electrons. The van der Waals surface area contributed by atoms with Gasteiger partial charge >= 0.3 is 0 Å². The van der Waals surface area contributed by atoms with Crippen LogP contribution < -0.4 is 0 Å². The lowest BCUT2D eigenvalue weighted by atomic mass is 9.94. The van der Waals surface area contributed by atoms with Crippen LogP contribution in [0.3, 0.4) is 0 Å². The molecule has 0 bridgehead atoms. The Morgan fingerprint density at radius 3 is 2.73 bits per heavy atom. The van der Waals surface area contributed by atoms with E-state index < -0.39 is 0 Å². The fourth-order valence-corrected chi connectivity index (χ4v) is 3.12. The maximum atomic E-state index is 11.9. The second-order valence-electron chi connectivity index (χ2n) is 4.04. The van der Waals surface area contributed by atoms with Gasteiger partial charge in [0.25, 0.3) is 5.91 Å². The van der Waals surface area contributed by atoms with Crippen molar-refractivity contribution in [1.29, 1.82) is 0 Å². The van der Waals surface area contributed by atoms with Crippen LogP contribution in [-0.2, 0) is 4.79 Å². The first kappa shape index (κ1) is 10.8. The first-order chi connectivity index (χ1) is 7.33. The lowest BCUT2D eigenvalue weighted by molar-refractivity contribution is -0.126. The van der Waals surface area contributed by atoms with Gasteiger partial charge < -0.3 is 10.1 Å². The molecule has 0 spiro atoms. The van der Waals surface area contributed by atoms with E-state index >= 15 is 0 Å². The highest BCUT2D eigenvalue weighted by molar-refractivity contribution is 8.15. The van der Waals surface area contributed by atoms with Crippen LogP contribution in [0.25, 0.3) is 0 Å². The van der Waals surface area contributed by atoms with E-state index in [1.54, 1.807) is 0 Å². The van der Waals surface area contributed by atoms with Crippen molar-refractivity contribution in [3.8, 4) is 0 Å². The highest BCUT2D eigenvalue weighted by Crippen LogP contribution is 2.26. The minimum Gasteiger partial charge on any atom is -0.410 e. The molecular weight excluding hydrogens is 212 g/mol. The Bertz CT molecular complexity index is 275. The van der Waals surface area contributed by atoms with Crippen molar-refractivity contribution in [1.82, 2.24) is 4.90 Å². The molecule has 2 fully saturated rings. The Morgan fingerprint density at radius 1 is 1.33 bits per heavy atom. The van der Waals surface area contributed by atoms with Crippen molar-refractivity contribution in [3.05, 3.63) is 0 Å². The van der Waals surface area contributed by atoms with Crippen LogP contribution in [0, 0.1) is 0 Å². The van der Waals surface area contributed by atoms with Crippen LogP contribution in [0.4, 0.5) is 0 Å². The molecule has 1 amide bonds. The molecule has 1 N–H and O–H groups in total. The maximum absolute atomic E-state index is 11.9. The standard InChI is InChI=1S/C10H16N2O2S/c13-10-9(11-14)15-7-6-12(10)8-4-2-1-3-5-8/h8,14H,1-7H2. The summed E-state index contributed by atoms with van der Waals surface area (Å²) in [4.78, 5) is 13.8. The van der Waals surface area contributed by atoms with Crippen molar-refractivity contribution in [3.63, 3.8) is 0 Å². The zero-order valence-corrected chi connectivity index (χ0v) is 9.50. The van der Waals surface area contributed by atoms with Gasteiger partial charge in [-0.15, -0.1) is 0 Å². The Kier molecular flexibility index (Phi) is 3.51. The van der Waals surface area contributed by atoms with Crippen molar-refractivity contribution in [2.24, 2.45) is 5.16 Å². The Balaban J connectivity index is 2.04. The predicted molar refractivity (Wildman–Crippen MR) is 60.3 cm³/mol. The highest BCUT2D eigenvalue weighted by atomic mass is 32.2. The van der Waals surface area contributed by atoms with Gasteiger partial charge in [0.15, 0.2) is 0 Å². The van der Waals surface area contributed by atoms with Gasteiger partial charge in [0, 0.05) is 18.3 Å². The molecule has 1 saturated carbocycles. The van der Waals surface area contributed by atoms with Crippen LogP contribution in [0.2, 0.25) is 0 Å². The van der Waals surface area contributed by atoms with Crippen molar-refractivity contribution >= 4 is 22.7 Å². The minimum atomic E-state index is -0.0827. The maximum Gasteiger partial charge on any atom is 0.282 e. The molecule has 1 aliphatic carbocycles. The molecule has 4 nitrogen and oxygen atoms in total. The summed E-state index contributed by atoms with van der Waals surface area (Å²) in [5, 5.41) is 12.0. The molecule has 0 aromatic rings. The quantitative estimate of drug-likeness (QED) is 0.549. The molecule has 1 aliphatic heterocycles. The first-order valence-corrected chi connectivity index (χ1v) is 6.47. The van der Waals surface area contributed by atoms with Gasteiger partial charge in [0.2, 0.25) is 5.04 Å². The lowest BCUT2D eigenvalue weighted by Crippen LogP contribution is -2.48. The number of rotatable bonds is 1. The second kappa shape index (κ2) is 4.88. The summed E-state index contributed by atoms with van der Waals surface area (Å²) < 4.78 is 0. The number of amides is 1. The zero-order chi connectivity index (χ0) is 10.7. The van der Waals surface area contributed by atoms with E-state index in [4.69, 9.17) is 5.21 Å². The van der Waals surface area contributed by atoms with Crippen LogP contribution in [-0.4, -0.2) is 39.4 Å². The predicted octanol–water partition coefficient (Wildman–Crippen LogP) is 1.68. The van der Waals surface area contributed by atoms with Crippen LogP contribution in [0.5, 0.6) is 0 Å². The monoisotopic (exact) mass is 228 g/mol. The van der Waals surface area contributed by atoms with Gasteiger partial charge in [-0.05, 0) is 12.8 Å². The van der Waals surface area contributed by atoms with E-state index in [0.29, 0.717) is 6.04 Å². The Hall–Kier alpha value is -0.710. The molecule has 2 rings (SSSR count). The SMILES string of the molecule is O=C1C(=NO)SCCN1C1CCCCC1. The van der Waals surface area contributed by atoms with Gasteiger partial charge in [0.05, 0.1) is 0 Å². The molecule has 2 aliphatic rings. The summed E-state index contributed by atoms with van der Waals surface area (Å²) in [5.74, 6) is 0.766. The number of thioether (sulfide) groups is 1. The summed E-state index contributed by atoms with van der Waals surface area (Å²) in [5.41, 5.74) is 0. The molecule has 1 heterocycles. The molecule has 0 radical (unpaired) electrons. The average Bonchev–Trinajstić information content (AvgIpc) is 2.30. The summed E-state index contributed by atoms with van der Waals surface area (Å²) in [6.45, 7) is 0.799. The van der Waals surface area contributed by atoms with Crippen LogP contribution in [0.15, 0.2) is 5.16 Å². The molecule has 0 atom stereocenters. The molecular formula is C10H16N2O2S. The topological polar surface area (TPSA) is 52.9 Å². The number of oxime groups is 1. The summed E-state index contributed by atoms with van der Waals surface area (Å²) in [7, 11) is 0. The van der Waals surface area contributed by atoms with E-state index in [1.165, 1.54) is 31.0 Å². The number of hydrogen-bond donors (Lipinski definition) is 1. The average molecular weight is 228 g/mol. The first-order valence-electron chi connectivity index (χ1n) is 5.49. The largest absolute Gasteiger partial charge is 0.410 e. The van der Waals surface area contributed by atoms with E-state index in [-0.39, 0.29) is 11.0 Å². The third-order valence-electron chi connectivity index (χ3n) is 3.12. The van der Waals surface area contributed by atoms with Crippen LogP contribution >= 0.6 is 11.8 Å². The fraction of sp³-hybridized carbons (Fsp3) is 0.800. The molecule has 0 aromatic heterocycles. The molecule has 0 unspecified atom stereocenters. The summed E-state index contributed by atoms with van der Waals surface area (Å²) in [6.07, 6.45) is 5.93. The number of carbonyl (C=O) groups excluding carboxylic acids is 1.